The number of anilines is 2. The van der Waals surface area contributed by atoms with E-state index in [0.29, 0.717) is 5.69 Å². The molecule has 0 saturated carbocycles. The lowest BCUT2D eigenvalue weighted by atomic mass is 10.1. The van der Waals surface area contributed by atoms with Gasteiger partial charge in [0.05, 0.1) is 4.47 Å². The van der Waals surface area contributed by atoms with Gasteiger partial charge in [-0.1, -0.05) is 10.3 Å². The minimum Gasteiger partial charge on any atom is -0.409 e. The third-order valence-corrected chi connectivity index (χ3v) is 4.61. The number of amidine groups is 1. The van der Waals surface area contributed by atoms with Crippen LogP contribution in [-0.2, 0) is 0 Å². The molecule has 1 aromatic heterocycles. The van der Waals surface area contributed by atoms with Crippen LogP contribution in [0.3, 0.4) is 0 Å². The Morgan fingerprint density at radius 3 is 2.85 bits per heavy atom. The minimum absolute atomic E-state index is 0.0700. The number of hydrogen-bond donors (Lipinski definition) is 5. The second-order valence-electron chi connectivity index (χ2n) is 5.90. The van der Waals surface area contributed by atoms with Gasteiger partial charge in [0.1, 0.15) is 17.8 Å². The number of carbonyl (C=O) groups excluding carboxylic acids is 1. The average Bonchev–Trinajstić information content (AvgIpc) is 3.11. The summed E-state index contributed by atoms with van der Waals surface area (Å²) in [5, 5.41) is 27.8. The van der Waals surface area contributed by atoms with Gasteiger partial charge in [-0.2, -0.15) is 0 Å². The summed E-state index contributed by atoms with van der Waals surface area (Å²) >= 11 is 3.08. The number of amides is 2. The molecule has 2 aromatic rings. The molecule has 1 fully saturated rings. The van der Waals surface area contributed by atoms with Crippen LogP contribution in [0.25, 0.3) is 0 Å². The number of aromatic nitrogens is 1. The van der Waals surface area contributed by atoms with Crippen molar-refractivity contribution in [1.29, 1.82) is 0 Å². The fraction of sp³-hybridized carbons (Fsp3) is 0.312. The van der Waals surface area contributed by atoms with Crippen molar-refractivity contribution >= 4 is 39.2 Å². The van der Waals surface area contributed by atoms with Crippen LogP contribution in [0.15, 0.2) is 38.6 Å². The standard InChI is InChI=1S/C16H18BrFN6O3/c17-11-7-10(1-2-12(11)18)20-15(23-26)14-13(8-27-24-14)22-16(25)21-9-3-5-19-6-4-9/h1-2,7-9,19,26H,3-6H2,(H,20,23)(H2,21,22,25). The van der Waals surface area contributed by atoms with E-state index in [1.807, 2.05) is 0 Å². The molecule has 1 aromatic carbocycles. The van der Waals surface area contributed by atoms with Crippen LogP contribution in [0.4, 0.5) is 20.6 Å². The Labute approximate surface area is 162 Å². The highest BCUT2D eigenvalue weighted by molar-refractivity contribution is 9.10. The summed E-state index contributed by atoms with van der Waals surface area (Å²) in [5.41, 5.74) is 0.769. The minimum atomic E-state index is -0.429. The molecule has 1 saturated heterocycles. The summed E-state index contributed by atoms with van der Waals surface area (Å²) in [6.07, 6.45) is 2.91. The Morgan fingerprint density at radius 2 is 2.15 bits per heavy atom. The number of hydrogen-bond acceptors (Lipinski definition) is 6. The summed E-state index contributed by atoms with van der Waals surface area (Å²) in [7, 11) is 0. The number of carbonyl (C=O) groups is 1. The van der Waals surface area contributed by atoms with Crippen molar-refractivity contribution in [1.82, 2.24) is 15.8 Å². The normalized spacial score (nSPS) is 15.4. The zero-order valence-corrected chi connectivity index (χ0v) is 15.7. The molecule has 2 amide bonds. The number of benzene rings is 1. The molecule has 1 aliphatic rings. The van der Waals surface area contributed by atoms with E-state index in [4.69, 9.17) is 4.52 Å². The summed E-state index contributed by atoms with van der Waals surface area (Å²) < 4.78 is 18.5. The molecular weight excluding hydrogens is 423 g/mol. The Hall–Kier alpha value is -2.66. The molecule has 0 bridgehead atoms. The van der Waals surface area contributed by atoms with Crippen molar-refractivity contribution in [3.05, 3.63) is 40.4 Å². The lowest BCUT2D eigenvalue weighted by Gasteiger charge is -2.23. The van der Waals surface area contributed by atoms with E-state index in [1.165, 1.54) is 24.5 Å². The van der Waals surface area contributed by atoms with Crippen molar-refractivity contribution in [2.75, 3.05) is 23.7 Å². The van der Waals surface area contributed by atoms with Gasteiger partial charge in [0.2, 0.25) is 5.84 Å². The molecule has 0 atom stereocenters. The maximum absolute atomic E-state index is 13.4. The molecule has 5 N–H and O–H groups in total. The predicted molar refractivity (Wildman–Crippen MR) is 101 cm³/mol. The maximum Gasteiger partial charge on any atom is 0.319 e. The average molecular weight is 441 g/mol. The van der Waals surface area contributed by atoms with E-state index >= 15 is 0 Å². The van der Waals surface area contributed by atoms with Crippen molar-refractivity contribution in [3.8, 4) is 0 Å². The van der Waals surface area contributed by atoms with E-state index in [1.54, 1.807) is 0 Å². The highest BCUT2D eigenvalue weighted by atomic mass is 79.9. The van der Waals surface area contributed by atoms with Gasteiger partial charge >= 0.3 is 6.03 Å². The van der Waals surface area contributed by atoms with Crippen LogP contribution < -0.4 is 21.3 Å². The molecule has 11 heteroatoms. The summed E-state index contributed by atoms with van der Waals surface area (Å²) in [5.74, 6) is -0.499. The Balaban J connectivity index is 1.68. The van der Waals surface area contributed by atoms with E-state index in [2.05, 4.69) is 47.5 Å². The van der Waals surface area contributed by atoms with Gasteiger partial charge in [0.25, 0.3) is 0 Å². The van der Waals surface area contributed by atoms with Gasteiger partial charge in [0.15, 0.2) is 5.69 Å². The number of halogens is 2. The topological polar surface area (TPSA) is 124 Å². The largest absolute Gasteiger partial charge is 0.409 e. The zero-order valence-electron chi connectivity index (χ0n) is 14.1. The summed E-state index contributed by atoms with van der Waals surface area (Å²) in [4.78, 5) is 12.2. The van der Waals surface area contributed by atoms with Gasteiger partial charge in [0, 0.05) is 11.7 Å². The number of urea groups is 1. The van der Waals surface area contributed by atoms with Crippen molar-refractivity contribution in [3.63, 3.8) is 0 Å². The summed E-state index contributed by atoms with van der Waals surface area (Å²) in [6, 6.07) is 3.85. The van der Waals surface area contributed by atoms with Crippen LogP contribution in [-0.4, -0.2) is 41.4 Å². The molecule has 27 heavy (non-hydrogen) atoms. The monoisotopic (exact) mass is 440 g/mol. The Bertz CT molecular complexity index is 837. The predicted octanol–water partition coefficient (Wildman–Crippen LogP) is 2.70. The zero-order chi connectivity index (χ0) is 19.2. The molecule has 3 rings (SSSR count). The third kappa shape index (κ3) is 4.95. The second-order valence-corrected chi connectivity index (χ2v) is 6.76. The van der Waals surface area contributed by atoms with E-state index in [-0.39, 0.29) is 27.7 Å². The number of rotatable bonds is 4. The smallest absolute Gasteiger partial charge is 0.319 e. The molecular formula is C16H18BrFN6O3. The molecule has 9 nitrogen and oxygen atoms in total. The fourth-order valence-electron chi connectivity index (χ4n) is 2.65. The van der Waals surface area contributed by atoms with Crippen LogP contribution in [0, 0.1) is 5.82 Å². The molecule has 2 heterocycles. The molecule has 0 aliphatic carbocycles. The number of piperidine rings is 1. The Kier molecular flexibility index (Phi) is 6.24. The molecule has 0 spiro atoms. The van der Waals surface area contributed by atoms with Crippen LogP contribution in [0.5, 0.6) is 0 Å². The van der Waals surface area contributed by atoms with Crippen LogP contribution >= 0.6 is 15.9 Å². The second kappa shape index (κ2) is 8.82. The van der Waals surface area contributed by atoms with Crippen LogP contribution in [0.2, 0.25) is 0 Å². The highest BCUT2D eigenvalue weighted by Crippen LogP contribution is 2.22. The van der Waals surface area contributed by atoms with Gasteiger partial charge in [-0.15, -0.1) is 0 Å². The molecule has 0 radical (unpaired) electrons. The van der Waals surface area contributed by atoms with E-state index in [9.17, 15) is 14.4 Å². The van der Waals surface area contributed by atoms with E-state index in [0.717, 1.165) is 25.9 Å². The van der Waals surface area contributed by atoms with Crippen molar-refractivity contribution in [2.24, 2.45) is 5.16 Å². The molecule has 144 valence electrons. The first kappa shape index (κ1) is 19.1. The quantitative estimate of drug-likeness (QED) is 0.215. The Morgan fingerprint density at radius 1 is 1.37 bits per heavy atom. The van der Waals surface area contributed by atoms with Gasteiger partial charge in [-0.05, 0) is 60.1 Å². The van der Waals surface area contributed by atoms with Gasteiger partial charge in [-0.3, -0.25) is 0 Å². The lowest BCUT2D eigenvalue weighted by Crippen LogP contribution is -2.44. The lowest BCUT2D eigenvalue weighted by molar-refractivity contribution is 0.245. The molecule has 0 unspecified atom stereocenters. The SMILES string of the molecule is O=C(Nc1conc1/C(=N/O)Nc1ccc(F)c(Br)c1)NC1CCNCC1. The first-order chi connectivity index (χ1) is 13.1. The van der Waals surface area contributed by atoms with Crippen LogP contribution in [0.1, 0.15) is 18.5 Å². The van der Waals surface area contributed by atoms with E-state index < -0.39 is 11.8 Å². The first-order valence-corrected chi connectivity index (χ1v) is 9.03. The number of nitrogens with zero attached hydrogens (tertiary/aromatic N) is 2. The number of oxime groups is 1. The first-order valence-electron chi connectivity index (χ1n) is 8.24. The summed E-state index contributed by atoms with van der Waals surface area (Å²) in [6.45, 7) is 1.70. The fourth-order valence-corrected chi connectivity index (χ4v) is 3.03. The third-order valence-electron chi connectivity index (χ3n) is 4.00. The van der Waals surface area contributed by atoms with Gasteiger partial charge < -0.3 is 31.0 Å². The maximum atomic E-state index is 13.4. The van der Waals surface area contributed by atoms with Crippen molar-refractivity contribution < 1.29 is 18.9 Å². The molecule has 1 aliphatic heterocycles. The van der Waals surface area contributed by atoms with Gasteiger partial charge in [-0.25, -0.2) is 9.18 Å². The highest BCUT2D eigenvalue weighted by Gasteiger charge is 2.20. The number of nitrogens with one attached hydrogen (secondary N) is 4. The van der Waals surface area contributed by atoms with Crippen molar-refractivity contribution in [2.45, 2.75) is 18.9 Å².